The van der Waals surface area contributed by atoms with Crippen LogP contribution in [-0.4, -0.2) is 17.6 Å². The number of amides is 1. The average molecular weight is 364 g/mol. The van der Waals surface area contributed by atoms with E-state index >= 15 is 0 Å². The Hall–Kier alpha value is -3.08. The van der Waals surface area contributed by atoms with Crippen molar-refractivity contribution in [3.63, 3.8) is 0 Å². The number of nitrogens with one attached hydrogen (secondary N) is 1. The largest absolute Gasteiger partial charge is 0.497 e. The van der Waals surface area contributed by atoms with Gasteiger partial charge in [0.05, 0.1) is 18.2 Å². The fraction of sp³-hybridized carbons (Fsp3) is 0.273. The fourth-order valence-corrected chi connectivity index (χ4v) is 3.14. The van der Waals surface area contributed by atoms with E-state index in [2.05, 4.69) is 5.32 Å². The highest BCUT2D eigenvalue weighted by Gasteiger charge is 2.20. The zero-order chi connectivity index (χ0) is 19.6. The Balaban J connectivity index is 2.36. The molecule has 5 nitrogen and oxygen atoms in total. The highest BCUT2D eigenvalue weighted by Crippen LogP contribution is 2.30. The van der Waals surface area contributed by atoms with E-state index < -0.39 is 0 Å². The quantitative estimate of drug-likeness (QED) is 0.735. The summed E-state index contributed by atoms with van der Waals surface area (Å²) in [4.78, 5) is 25.8. The van der Waals surface area contributed by atoms with Crippen molar-refractivity contribution in [2.75, 3.05) is 12.4 Å². The van der Waals surface area contributed by atoms with Crippen LogP contribution in [0.3, 0.4) is 0 Å². The van der Waals surface area contributed by atoms with E-state index in [4.69, 9.17) is 4.74 Å². The molecular weight excluding hydrogens is 340 g/mol. The maximum absolute atomic E-state index is 13.3. The lowest BCUT2D eigenvalue weighted by Crippen LogP contribution is -2.25. The third-order valence-electron chi connectivity index (χ3n) is 4.63. The molecule has 1 heterocycles. The number of nitrogens with zero attached hydrogens (tertiary/aromatic N) is 1. The zero-order valence-corrected chi connectivity index (χ0v) is 16.1. The zero-order valence-electron chi connectivity index (χ0n) is 16.1. The minimum absolute atomic E-state index is 0.0977. The number of rotatable bonds is 5. The number of methoxy groups -OCH3 is 1. The number of aryl methyl sites for hydroxylation is 1. The second-order valence-corrected chi connectivity index (χ2v) is 6.69. The van der Waals surface area contributed by atoms with Gasteiger partial charge in [-0.3, -0.25) is 9.59 Å². The highest BCUT2D eigenvalue weighted by molar-refractivity contribution is 5.98. The minimum Gasteiger partial charge on any atom is -0.497 e. The molecule has 2 aromatic carbocycles. The van der Waals surface area contributed by atoms with E-state index in [0.29, 0.717) is 29.1 Å². The summed E-state index contributed by atoms with van der Waals surface area (Å²) in [5.74, 6) is 0.926. The fourth-order valence-electron chi connectivity index (χ4n) is 3.14. The predicted octanol–water partition coefficient (Wildman–Crippen LogP) is 4.29. The van der Waals surface area contributed by atoms with Crippen molar-refractivity contribution in [2.45, 2.75) is 27.3 Å². The summed E-state index contributed by atoms with van der Waals surface area (Å²) in [6, 6.07) is 14.8. The second-order valence-electron chi connectivity index (χ2n) is 6.69. The molecule has 3 aromatic rings. The Kier molecular flexibility index (Phi) is 5.31. The van der Waals surface area contributed by atoms with Crippen molar-refractivity contribution in [2.24, 2.45) is 5.92 Å². The van der Waals surface area contributed by atoms with Crippen molar-refractivity contribution in [1.82, 2.24) is 4.57 Å². The highest BCUT2D eigenvalue weighted by atomic mass is 16.5. The Bertz CT molecular complexity index is 1030. The lowest BCUT2D eigenvalue weighted by atomic mass is 10.0. The van der Waals surface area contributed by atoms with E-state index in [1.165, 1.54) is 0 Å². The first-order valence-electron chi connectivity index (χ1n) is 9.08. The molecule has 0 saturated heterocycles. The summed E-state index contributed by atoms with van der Waals surface area (Å²) in [5.41, 5.74) is 1.95. The first-order chi connectivity index (χ1) is 13.0. The maximum Gasteiger partial charge on any atom is 0.228 e. The number of pyridine rings is 1. The third-order valence-corrected chi connectivity index (χ3v) is 4.63. The molecule has 0 aliphatic rings. The van der Waals surface area contributed by atoms with Crippen LogP contribution in [0.2, 0.25) is 0 Å². The van der Waals surface area contributed by atoms with Gasteiger partial charge in [0.25, 0.3) is 0 Å². The summed E-state index contributed by atoms with van der Waals surface area (Å²) in [6.45, 7) is 6.28. The second kappa shape index (κ2) is 7.66. The first kappa shape index (κ1) is 18.7. The van der Waals surface area contributed by atoms with Crippen molar-refractivity contribution in [1.29, 1.82) is 0 Å². The van der Waals surface area contributed by atoms with Gasteiger partial charge >= 0.3 is 0 Å². The third kappa shape index (κ3) is 3.45. The van der Waals surface area contributed by atoms with Gasteiger partial charge < -0.3 is 14.6 Å². The molecule has 0 fully saturated rings. The number of aromatic nitrogens is 1. The first-order valence-corrected chi connectivity index (χ1v) is 9.08. The number of hydrogen-bond donors (Lipinski definition) is 1. The Morgan fingerprint density at radius 1 is 1.11 bits per heavy atom. The number of fused-ring (bicyclic) bond motifs is 1. The molecule has 0 atom stereocenters. The van der Waals surface area contributed by atoms with Crippen molar-refractivity contribution >= 4 is 22.6 Å². The van der Waals surface area contributed by atoms with Gasteiger partial charge in [-0.05, 0) is 36.8 Å². The van der Waals surface area contributed by atoms with Crippen LogP contribution in [0.25, 0.3) is 22.0 Å². The van der Waals surface area contributed by atoms with Gasteiger partial charge in [-0.25, -0.2) is 0 Å². The van der Waals surface area contributed by atoms with Gasteiger partial charge in [0, 0.05) is 17.8 Å². The molecule has 1 amide bonds. The number of hydrogen-bond acceptors (Lipinski definition) is 3. The summed E-state index contributed by atoms with van der Waals surface area (Å²) in [6.07, 6.45) is 0. The molecule has 0 aliphatic heterocycles. The Morgan fingerprint density at radius 3 is 2.37 bits per heavy atom. The normalized spacial score (nSPS) is 11.0. The monoisotopic (exact) mass is 364 g/mol. The molecule has 1 aromatic heterocycles. The molecule has 0 bridgehead atoms. The maximum atomic E-state index is 13.3. The smallest absolute Gasteiger partial charge is 0.228 e. The van der Waals surface area contributed by atoms with Crippen LogP contribution in [0.15, 0.2) is 53.3 Å². The lowest BCUT2D eigenvalue weighted by molar-refractivity contribution is -0.118. The molecule has 0 spiro atoms. The van der Waals surface area contributed by atoms with Crippen LogP contribution >= 0.6 is 0 Å². The topological polar surface area (TPSA) is 60.3 Å². The molecule has 0 unspecified atom stereocenters. The number of carbonyl (C=O) groups excluding carboxylic acids is 1. The summed E-state index contributed by atoms with van der Waals surface area (Å²) >= 11 is 0. The van der Waals surface area contributed by atoms with Crippen LogP contribution in [0.4, 0.5) is 5.82 Å². The SMILES string of the molecule is CCn1c(NC(=O)C(C)C)c(-c2ccc(OC)cc2)c(=O)c2ccccc21. The van der Waals surface area contributed by atoms with Crippen LogP contribution in [0.1, 0.15) is 20.8 Å². The van der Waals surface area contributed by atoms with Crippen LogP contribution in [-0.2, 0) is 11.3 Å². The van der Waals surface area contributed by atoms with Gasteiger partial charge in [-0.1, -0.05) is 38.1 Å². The van der Waals surface area contributed by atoms with Crippen LogP contribution in [0, 0.1) is 5.92 Å². The average Bonchev–Trinajstić information content (AvgIpc) is 2.68. The molecule has 5 heteroatoms. The number of para-hydroxylation sites is 1. The van der Waals surface area contributed by atoms with E-state index in [0.717, 1.165) is 11.1 Å². The molecular formula is C22H24N2O3. The van der Waals surface area contributed by atoms with E-state index in [1.54, 1.807) is 7.11 Å². The molecule has 27 heavy (non-hydrogen) atoms. The summed E-state index contributed by atoms with van der Waals surface area (Å²) < 4.78 is 7.21. The number of carbonyl (C=O) groups is 1. The van der Waals surface area contributed by atoms with Crippen molar-refractivity contribution < 1.29 is 9.53 Å². The van der Waals surface area contributed by atoms with Gasteiger partial charge in [0.1, 0.15) is 11.6 Å². The Morgan fingerprint density at radius 2 is 1.78 bits per heavy atom. The molecule has 1 N–H and O–H groups in total. The summed E-state index contributed by atoms with van der Waals surface area (Å²) in [7, 11) is 1.60. The minimum atomic E-state index is -0.194. The van der Waals surface area contributed by atoms with Crippen molar-refractivity contribution in [3.05, 3.63) is 58.8 Å². The standard InChI is InChI=1S/C22H24N2O3/c1-5-24-18-9-7-6-8-17(18)20(25)19(21(24)23-22(26)14(2)3)15-10-12-16(27-4)13-11-15/h6-14H,5H2,1-4H3,(H,23,26). The van der Waals surface area contributed by atoms with Crippen molar-refractivity contribution in [3.8, 4) is 16.9 Å². The van der Waals surface area contributed by atoms with Crippen LogP contribution < -0.4 is 15.5 Å². The van der Waals surface area contributed by atoms with E-state index in [9.17, 15) is 9.59 Å². The molecule has 0 saturated carbocycles. The van der Waals surface area contributed by atoms with Gasteiger partial charge in [-0.15, -0.1) is 0 Å². The van der Waals surface area contributed by atoms with E-state index in [1.807, 2.05) is 73.9 Å². The number of ether oxygens (including phenoxy) is 1. The number of anilines is 1. The number of benzene rings is 2. The molecule has 0 radical (unpaired) electrons. The van der Waals surface area contributed by atoms with Gasteiger partial charge in [0.15, 0.2) is 5.43 Å². The predicted molar refractivity (Wildman–Crippen MR) is 109 cm³/mol. The Labute approximate surface area is 158 Å². The molecule has 3 rings (SSSR count). The van der Waals surface area contributed by atoms with Gasteiger partial charge in [0.2, 0.25) is 5.91 Å². The van der Waals surface area contributed by atoms with Gasteiger partial charge in [-0.2, -0.15) is 0 Å². The van der Waals surface area contributed by atoms with E-state index in [-0.39, 0.29) is 17.3 Å². The summed E-state index contributed by atoms with van der Waals surface area (Å²) in [5, 5.41) is 3.61. The lowest BCUT2D eigenvalue weighted by Gasteiger charge is -2.21. The molecule has 0 aliphatic carbocycles. The van der Waals surface area contributed by atoms with Crippen LogP contribution in [0.5, 0.6) is 5.75 Å². The molecule has 140 valence electrons.